The fourth-order valence-electron chi connectivity index (χ4n) is 2.69. The molecule has 0 spiro atoms. The van der Waals surface area contributed by atoms with Gasteiger partial charge >= 0.3 is 5.91 Å². The van der Waals surface area contributed by atoms with Gasteiger partial charge in [0.25, 0.3) is 5.78 Å². The van der Waals surface area contributed by atoms with Gasteiger partial charge in [0, 0.05) is 6.54 Å². The van der Waals surface area contributed by atoms with Gasteiger partial charge in [-0.2, -0.15) is 11.3 Å². The second-order valence-electron chi connectivity index (χ2n) is 5.55. The van der Waals surface area contributed by atoms with Crippen LogP contribution in [0.3, 0.4) is 0 Å². The van der Waals surface area contributed by atoms with Gasteiger partial charge < -0.3 is 0 Å². The van der Waals surface area contributed by atoms with Crippen LogP contribution < -0.4 is 4.90 Å². The Morgan fingerprint density at radius 3 is 2.68 bits per heavy atom. The number of ketones is 1. The largest absolute Gasteiger partial charge is 0.300 e. The lowest BCUT2D eigenvalue weighted by Crippen LogP contribution is -2.38. The first-order valence-corrected chi connectivity index (χ1v) is 8.23. The van der Waals surface area contributed by atoms with Crippen LogP contribution in [0.1, 0.15) is 28.4 Å². The van der Waals surface area contributed by atoms with Crippen molar-refractivity contribution in [3.8, 4) is 0 Å². The van der Waals surface area contributed by atoms with E-state index in [4.69, 9.17) is 0 Å². The molecule has 114 valence electrons. The van der Waals surface area contributed by atoms with Crippen LogP contribution in [0.2, 0.25) is 0 Å². The quantitative estimate of drug-likeness (QED) is 0.797. The molecule has 0 N–H and O–H groups in total. The number of carbonyl (C=O) groups excluding carboxylic acids is 2. The van der Waals surface area contributed by atoms with E-state index < -0.39 is 11.7 Å². The minimum atomic E-state index is -0.430. The van der Waals surface area contributed by atoms with Crippen LogP contribution in [0, 0.1) is 0 Å². The molecule has 0 unspecified atom stereocenters. The zero-order valence-electron chi connectivity index (χ0n) is 12.7. The standard InChI is InChI=1S/C17H18N2O2S/c1-3-12-4-5-15-14(8-12)16(20)17(21)19(15)11-18(2)9-13-6-7-22-10-13/h4-8,10H,3,9,11H2,1-2H3. The van der Waals surface area contributed by atoms with Crippen LogP contribution in [0.4, 0.5) is 5.69 Å². The summed E-state index contributed by atoms with van der Waals surface area (Å²) in [7, 11) is 1.95. The topological polar surface area (TPSA) is 40.6 Å². The van der Waals surface area contributed by atoms with Crippen molar-refractivity contribution in [2.24, 2.45) is 0 Å². The van der Waals surface area contributed by atoms with Crippen molar-refractivity contribution >= 4 is 28.7 Å². The lowest BCUT2D eigenvalue weighted by atomic mass is 10.1. The predicted octanol–water partition coefficient (Wildman–Crippen LogP) is 2.93. The molecule has 5 heteroatoms. The Morgan fingerprint density at radius 2 is 2.00 bits per heavy atom. The van der Waals surface area contributed by atoms with Gasteiger partial charge in [-0.05, 0) is 53.6 Å². The number of thiophene rings is 1. The van der Waals surface area contributed by atoms with Crippen molar-refractivity contribution in [3.63, 3.8) is 0 Å². The molecule has 1 aromatic heterocycles. The maximum atomic E-state index is 12.3. The third kappa shape index (κ3) is 2.69. The highest BCUT2D eigenvalue weighted by Gasteiger charge is 2.36. The summed E-state index contributed by atoms with van der Waals surface area (Å²) in [5, 5.41) is 4.13. The monoisotopic (exact) mass is 314 g/mol. The summed E-state index contributed by atoms with van der Waals surface area (Å²) in [4.78, 5) is 28.0. The number of hydrogen-bond donors (Lipinski definition) is 0. The maximum absolute atomic E-state index is 12.3. The van der Waals surface area contributed by atoms with Crippen LogP contribution in [-0.4, -0.2) is 30.3 Å². The second-order valence-corrected chi connectivity index (χ2v) is 6.33. The van der Waals surface area contributed by atoms with E-state index in [1.54, 1.807) is 16.2 Å². The number of rotatable bonds is 5. The van der Waals surface area contributed by atoms with E-state index in [9.17, 15) is 9.59 Å². The van der Waals surface area contributed by atoms with Crippen molar-refractivity contribution in [3.05, 3.63) is 51.7 Å². The van der Waals surface area contributed by atoms with Gasteiger partial charge in [-0.3, -0.25) is 19.4 Å². The number of fused-ring (bicyclic) bond motifs is 1. The molecular weight excluding hydrogens is 296 g/mol. The van der Waals surface area contributed by atoms with E-state index >= 15 is 0 Å². The van der Waals surface area contributed by atoms with Crippen molar-refractivity contribution in [1.82, 2.24) is 4.90 Å². The molecule has 22 heavy (non-hydrogen) atoms. The van der Waals surface area contributed by atoms with E-state index in [-0.39, 0.29) is 0 Å². The Morgan fingerprint density at radius 1 is 1.18 bits per heavy atom. The highest BCUT2D eigenvalue weighted by Crippen LogP contribution is 2.30. The van der Waals surface area contributed by atoms with Crippen LogP contribution in [0.15, 0.2) is 35.0 Å². The van der Waals surface area contributed by atoms with Crippen molar-refractivity contribution in [1.29, 1.82) is 0 Å². The average molecular weight is 314 g/mol. The molecule has 0 aliphatic carbocycles. The summed E-state index contributed by atoms with van der Waals surface area (Å²) in [6.07, 6.45) is 0.854. The maximum Gasteiger partial charge on any atom is 0.300 e. The molecule has 4 nitrogen and oxygen atoms in total. The van der Waals surface area contributed by atoms with Gasteiger partial charge in [-0.1, -0.05) is 13.0 Å². The summed E-state index contributed by atoms with van der Waals surface area (Å²) in [6, 6.07) is 7.78. The number of amides is 1. The number of anilines is 1. The number of benzene rings is 1. The molecule has 3 rings (SSSR count). The van der Waals surface area contributed by atoms with Gasteiger partial charge in [0.05, 0.1) is 17.9 Å². The summed E-state index contributed by atoms with van der Waals surface area (Å²) < 4.78 is 0. The lowest BCUT2D eigenvalue weighted by Gasteiger charge is -2.24. The molecule has 0 radical (unpaired) electrons. The second kappa shape index (κ2) is 6.02. The summed E-state index contributed by atoms with van der Waals surface area (Å²) >= 11 is 1.66. The molecule has 0 saturated carbocycles. The van der Waals surface area contributed by atoms with E-state index in [1.807, 2.05) is 42.5 Å². The smallest absolute Gasteiger partial charge is 0.291 e. The first-order valence-electron chi connectivity index (χ1n) is 7.29. The fraction of sp³-hybridized carbons (Fsp3) is 0.294. The number of carbonyl (C=O) groups is 2. The van der Waals surface area contributed by atoms with Crippen LogP contribution in [0.25, 0.3) is 0 Å². The summed E-state index contributed by atoms with van der Waals surface area (Å²) in [6.45, 7) is 3.21. The fourth-order valence-corrected chi connectivity index (χ4v) is 3.35. The van der Waals surface area contributed by atoms with E-state index in [0.717, 1.165) is 24.2 Å². The van der Waals surface area contributed by atoms with Crippen LogP contribution in [-0.2, 0) is 17.8 Å². The molecule has 1 aliphatic heterocycles. The number of nitrogens with zero attached hydrogens (tertiary/aromatic N) is 2. The molecule has 0 bridgehead atoms. The zero-order valence-corrected chi connectivity index (χ0v) is 13.5. The van der Waals surface area contributed by atoms with Crippen LogP contribution in [0.5, 0.6) is 0 Å². The minimum absolute atomic E-state index is 0.394. The lowest BCUT2D eigenvalue weighted by molar-refractivity contribution is -0.114. The Bertz CT molecular complexity index is 709. The summed E-state index contributed by atoms with van der Waals surface area (Å²) in [5.41, 5.74) is 3.55. The minimum Gasteiger partial charge on any atom is -0.291 e. The van der Waals surface area contributed by atoms with Crippen LogP contribution >= 0.6 is 11.3 Å². The summed E-state index contributed by atoms with van der Waals surface area (Å²) in [5.74, 6) is -0.824. The normalized spacial score (nSPS) is 14.0. The molecule has 2 heterocycles. The van der Waals surface area contributed by atoms with E-state index in [2.05, 4.69) is 11.4 Å². The number of Topliss-reactive ketones (excluding diaryl/α,β-unsaturated/α-hetero) is 1. The van der Waals surface area contributed by atoms with Gasteiger partial charge in [-0.25, -0.2) is 0 Å². The first-order chi connectivity index (χ1) is 10.6. The van der Waals surface area contributed by atoms with E-state index in [0.29, 0.717) is 12.2 Å². The highest BCUT2D eigenvalue weighted by atomic mass is 32.1. The van der Waals surface area contributed by atoms with E-state index in [1.165, 1.54) is 5.56 Å². The number of aryl methyl sites for hydroxylation is 1. The molecule has 1 aromatic carbocycles. The van der Waals surface area contributed by atoms with Gasteiger partial charge in [0.15, 0.2) is 0 Å². The first kappa shape index (κ1) is 14.9. The average Bonchev–Trinajstić information content (AvgIpc) is 3.10. The molecule has 0 atom stereocenters. The Hall–Kier alpha value is -1.98. The predicted molar refractivity (Wildman–Crippen MR) is 88.3 cm³/mol. The highest BCUT2D eigenvalue weighted by molar-refractivity contribution is 7.07. The molecule has 0 saturated heterocycles. The van der Waals surface area contributed by atoms with Crippen molar-refractivity contribution in [2.75, 3.05) is 18.6 Å². The zero-order chi connectivity index (χ0) is 15.7. The Balaban J connectivity index is 1.80. The third-order valence-electron chi connectivity index (χ3n) is 3.86. The molecule has 2 aromatic rings. The Labute approximate surface area is 134 Å². The number of hydrogen-bond acceptors (Lipinski definition) is 4. The van der Waals surface area contributed by atoms with Crippen molar-refractivity contribution in [2.45, 2.75) is 19.9 Å². The van der Waals surface area contributed by atoms with Gasteiger partial charge in [0.2, 0.25) is 0 Å². The third-order valence-corrected chi connectivity index (χ3v) is 4.59. The van der Waals surface area contributed by atoms with Crippen molar-refractivity contribution < 1.29 is 9.59 Å². The SMILES string of the molecule is CCc1ccc2c(c1)C(=O)C(=O)N2CN(C)Cc1ccsc1. The Kier molecular flexibility index (Phi) is 4.09. The molecule has 0 fully saturated rings. The molecule has 1 amide bonds. The van der Waals surface area contributed by atoms with Gasteiger partial charge in [0.1, 0.15) is 0 Å². The van der Waals surface area contributed by atoms with Gasteiger partial charge in [-0.15, -0.1) is 0 Å². The molecule has 1 aliphatic rings. The molecular formula is C17H18N2O2S.